The lowest BCUT2D eigenvalue weighted by atomic mass is 9.96. The van der Waals surface area contributed by atoms with Crippen LogP contribution in [-0.2, 0) is 4.79 Å². The number of rotatable bonds is 5. The molecule has 34 heavy (non-hydrogen) atoms. The van der Waals surface area contributed by atoms with Gasteiger partial charge in [0.15, 0.2) is 0 Å². The van der Waals surface area contributed by atoms with Crippen molar-refractivity contribution in [2.75, 3.05) is 50.7 Å². The Morgan fingerprint density at radius 2 is 1.91 bits per heavy atom. The van der Waals surface area contributed by atoms with Crippen LogP contribution in [0.2, 0.25) is 5.02 Å². The predicted octanol–water partition coefficient (Wildman–Crippen LogP) is 2.14. The molecule has 1 aromatic carbocycles. The van der Waals surface area contributed by atoms with E-state index in [0.717, 1.165) is 42.1 Å². The molecule has 2 fully saturated rings. The molecule has 0 spiro atoms. The van der Waals surface area contributed by atoms with E-state index in [0.29, 0.717) is 44.2 Å². The number of hydrogen-bond acceptors (Lipinski definition) is 7. The Bertz CT molecular complexity index is 1030. The maximum absolute atomic E-state index is 13.7. The smallest absolute Gasteiger partial charge is 0.231 e. The van der Waals surface area contributed by atoms with Crippen LogP contribution >= 0.6 is 11.6 Å². The Morgan fingerprint density at radius 3 is 2.59 bits per heavy atom. The molecule has 0 bridgehead atoms. The average molecular weight is 485 g/mol. The molecule has 3 aliphatic rings. The summed E-state index contributed by atoms with van der Waals surface area (Å²) in [6.07, 6.45) is 2.68. The van der Waals surface area contributed by atoms with E-state index in [1.807, 2.05) is 29.2 Å². The van der Waals surface area contributed by atoms with Gasteiger partial charge in [0.05, 0.1) is 17.7 Å². The van der Waals surface area contributed by atoms with E-state index in [-0.39, 0.29) is 23.8 Å². The van der Waals surface area contributed by atoms with Gasteiger partial charge in [-0.2, -0.15) is 0 Å². The van der Waals surface area contributed by atoms with Crippen molar-refractivity contribution in [3.8, 4) is 0 Å². The fraction of sp³-hybridized carbons (Fsp3) is 0.560. The standard InChI is InChI=1S/C25H33ClN6O2/c1-16-12-21(33)23-22(16)24(29-15-28-23)31-8-10-32(11-9-31)25(34)20(14-30-7-6-19(27)13-30)17-2-4-18(26)5-3-17/h2-5,15-16,19-21,33H,6-14,27H2,1H3/t16-,19-,20-,21-/m1/s1. The Hall–Kier alpha value is -2.26. The third-order valence-corrected chi connectivity index (χ3v) is 7.74. The van der Waals surface area contributed by atoms with Crippen LogP contribution in [0.3, 0.4) is 0 Å². The highest BCUT2D eigenvalue weighted by molar-refractivity contribution is 6.30. The molecular weight excluding hydrogens is 452 g/mol. The number of halogens is 1. The van der Waals surface area contributed by atoms with E-state index in [1.165, 1.54) is 0 Å². The van der Waals surface area contributed by atoms with Crippen LogP contribution < -0.4 is 10.6 Å². The summed E-state index contributed by atoms with van der Waals surface area (Å²) in [4.78, 5) is 29.1. The zero-order chi connectivity index (χ0) is 23.8. The van der Waals surface area contributed by atoms with E-state index in [4.69, 9.17) is 17.3 Å². The number of aliphatic hydroxyl groups is 1. The summed E-state index contributed by atoms with van der Waals surface area (Å²) in [5, 5.41) is 11.0. The second-order valence-corrected chi connectivity index (χ2v) is 10.3. The van der Waals surface area contributed by atoms with Crippen LogP contribution in [0.25, 0.3) is 0 Å². The summed E-state index contributed by atoms with van der Waals surface area (Å²) in [6, 6.07) is 7.83. The molecule has 1 amide bonds. The van der Waals surface area contributed by atoms with Gasteiger partial charge in [0.1, 0.15) is 12.1 Å². The molecule has 182 valence electrons. The molecule has 3 heterocycles. The molecule has 1 aliphatic carbocycles. The number of amides is 1. The minimum absolute atomic E-state index is 0.152. The van der Waals surface area contributed by atoms with Crippen molar-refractivity contribution in [1.29, 1.82) is 0 Å². The number of nitrogens with two attached hydrogens (primary N) is 1. The summed E-state index contributed by atoms with van der Waals surface area (Å²) in [7, 11) is 0. The van der Waals surface area contributed by atoms with Gasteiger partial charge in [-0.15, -0.1) is 0 Å². The summed E-state index contributed by atoms with van der Waals surface area (Å²) in [5.41, 5.74) is 8.92. The number of carbonyl (C=O) groups is 1. The number of fused-ring (bicyclic) bond motifs is 1. The van der Waals surface area contributed by atoms with E-state index >= 15 is 0 Å². The molecule has 2 aliphatic heterocycles. The van der Waals surface area contributed by atoms with Crippen molar-refractivity contribution in [2.24, 2.45) is 5.73 Å². The number of aliphatic hydroxyl groups excluding tert-OH is 1. The normalized spacial score (nSPS) is 26.1. The van der Waals surface area contributed by atoms with E-state index in [9.17, 15) is 9.90 Å². The minimum Gasteiger partial charge on any atom is -0.387 e. The quantitative estimate of drug-likeness (QED) is 0.670. The van der Waals surface area contributed by atoms with Gasteiger partial charge in [-0.3, -0.25) is 4.79 Å². The lowest BCUT2D eigenvalue weighted by Gasteiger charge is -2.38. The highest BCUT2D eigenvalue weighted by Crippen LogP contribution is 2.42. The van der Waals surface area contributed by atoms with Crippen molar-refractivity contribution in [3.63, 3.8) is 0 Å². The van der Waals surface area contributed by atoms with Crippen molar-refractivity contribution >= 4 is 23.3 Å². The van der Waals surface area contributed by atoms with Crippen molar-refractivity contribution in [3.05, 3.63) is 52.4 Å². The summed E-state index contributed by atoms with van der Waals surface area (Å²) >= 11 is 6.11. The van der Waals surface area contributed by atoms with Crippen molar-refractivity contribution in [1.82, 2.24) is 19.8 Å². The number of piperazine rings is 1. The molecule has 5 rings (SSSR count). The third-order valence-electron chi connectivity index (χ3n) is 7.49. The number of hydrogen-bond donors (Lipinski definition) is 2. The number of nitrogens with zero attached hydrogens (tertiary/aromatic N) is 5. The van der Waals surface area contributed by atoms with Crippen LogP contribution in [0.5, 0.6) is 0 Å². The predicted molar refractivity (Wildman–Crippen MR) is 132 cm³/mol. The zero-order valence-corrected chi connectivity index (χ0v) is 20.4. The van der Waals surface area contributed by atoms with Gasteiger partial charge in [0, 0.05) is 55.9 Å². The van der Waals surface area contributed by atoms with Gasteiger partial charge in [-0.25, -0.2) is 9.97 Å². The lowest BCUT2D eigenvalue weighted by Crippen LogP contribution is -2.51. The summed E-state index contributed by atoms with van der Waals surface area (Å²) < 4.78 is 0. The number of carbonyl (C=O) groups excluding carboxylic acids is 1. The average Bonchev–Trinajstić information content (AvgIpc) is 3.39. The molecule has 8 nitrogen and oxygen atoms in total. The lowest BCUT2D eigenvalue weighted by molar-refractivity contribution is -0.133. The first kappa shape index (κ1) is 23.5. The Kier molecular flexibility index (Phi) is 6.75. The van der Waals surface area contributed by atoms with Gasteiger partial charge in [-0.1, -0.05) is 30.7 Å². The van der Waals surface area contributed by atoms with Crippen molar-refractivity contribution in [2.45, 2.75) is 43.7 Å². The molecule has 2 saturated heterocycles. The maximum atomic E-state index is 13.7. The fourth-order valence-corrected chi connectivity index (χ4v) is 5.75. The molecule has 2 aromatic rings. The number of anilines is 1. The van der Waals surface area contributed by atoms with Gasteiger partial charge in [-0.05, 0) is 43.0 Å². The number of aromatic nitrogens is 2. The van der Waals surface area contributed by atoms with Gasteiger partial charge in [0.25, 0.3) is 0 Å². The van der Waals surface area contributed by atoms with Crippen LogP contribution in [0.15, 0.2) is 30.6 Å². The molecule has 0 radical (unpaired) electrons. The molecule has 0 saturated carbocycles. The van der Waals surface area contributed by atoms with E-state index in [1.54, 1.807) is 6.33 Å². The second-order valence-electron chi connectivity index (χ2n) is 9.87. The van der Waals surface area contributed by atoms with E-state index in [2.05, 4.69) is 26.7 Å². The molecule has 9 heteroatoms. The van der Waals surface area contributed by atoms with Gasteiger partial charge in [0.2, 0.25) is 5.91 Å². The molecule has 4 atom stereocenters. The van der Waals surface area contributed by atoms with Crippen LogP contribution in [-0.4, -0.2) is 82.6 Å². The number of likely N-dealkylation sites (tertiary alicyclic amines) is 1. The first-order valence-corrected chi connectivity index (χ1v) is 12.6. The summed E-state index contributed by atoms with van der Waals surface area (Å²) in [5.74, 6) is 1.04. The van der Waals surface area contributed by atoms with E-state index < -0.39 is 6.10 Å². The summed E-state index contributed by atoms with van der Waals surface area (Å²) in [6.45, 7) is 7.23. The molecule has 1 aromatic heterocycles. The minimum atomic E-state index is -0.520. The van der Waals surface area contributed by atoms with Crippen LogP contribution in [0.4, 0.5) is 5.82 Å². The Balaban J connectivity index is 1.30. The zero-order valence-electron chi connectivity index (χ0n) is 19.6. The third kappa shape index (κ3) is 4.64. The first-order valence-electron chi connectivity index (χ1n) is 12.2. The second kappa shape index (κ2) is 9.77. The van der Waals surface area contributed by atoms with Gasteiger partial charge < -0.3 is 25.5 Å². The Morgan fingerprint density at radius 1 is 1.18 bits per heavy atom. The topological polar surface area (TPSA) is 98.8 Å². The fourth-order valence-electron chi connectivity index (χ4n) is 5.62. The largest absolute Gasteiger partial charge is 0.387 e. The first-order chi connectivity index (χ1) is 16.4. The monoisotopic (exact) mass is 484 g/mol. The van der Waals surface area contributed by atoms with Gasteiger partial charge >= 0.3 is 0 Å². The maximum Gasteiger partial charge on any atom is 0.231 e. The number of benzene rings is 1. The Labute approximate surface area is 205 Å². The molecular formula is C25H33ClN6O2. The van der Waals surface area contributed by atoms with Crippen LogP contribution in [0, 0.1) is 0 Å². The van der Waals surface area contributed by atoms with Crippen LogP contribution in [0.1, 0.15) is 54.5 Å². The molecule has 3 N–H and O–H groups in total. The SMILES string of the molecule is C[C@@H]1C[C@@H](O)c2ncnc(N3CCN(C(=O)[C@H](CN4CC[C@@H](N)C4)c4ccc(Cl)cc4)CC3)c21. The highest BCUT2D eigenvalue weighted by Gasteiger charge is 2.35. The highest BCUT2D eigenvalue weighted by atomic mass is 35.5. The molecule has 0 unspecified atom stereocenters. The van der Waals surface area contributed by atoms with Crippen molar-refractivity contribution < 1.29 is 9.90 Å².